The molecule has 1 aromatic rings. The SMILES string of the molecule is CNc1ccc(N2CCC(C3OCCO3)CC2)cc1. The van der Waals surface area contributed by atoms with Gasteiger partial charge in [-0.15, -0.1) is 0 Å². The molecule has 0 radical (unpaired) electrons. The van der Waals surface area contributed by atoms with Crippen molar-refractivity contribution in [3.63, 3.8) is 0 Å². The molecule has 0 aliphatic carbocycles. The summed E-state index contributed by atoms with van der Waals surface area (Å²) < 4.78 is 11.2. The Bertz CT molecular complexity index is 393. The van der Waals surface area contributed by atoms with Crippen LogP contribution in [0.15, 0.2) is 24.3 Å². The van der Waals surface area contributed by atoms with Crippen molar-refractivity contribution in [1.82, 2.24) is 0 Å². The van der Waals surface area contributed by atoms with Crippen LogP contribution in [0.25, 0.3) is 0 Å². The topological polar surface area (TPSA) is 33.7 Å². The van der Waals surface area contributed by atoms with Gasteiger partial charge in [0, 0.05) is 37.4 Å². The van der Waals surface area contributed by atoms with Gasteiger partial charge in [-0.3, -0.25) is 0 Å². The van der Waals surface area contributed by atoms with Crippen LogP contribution in [0.1, 0.15) is 12.8 Å². The van der Waals surface area contributed by atoms with E-state index in [0.717, 1.165) is 44.8 Å². The lowest BCUT2D eigenvalue weighted by molar-refractivity contribution is -0.0889. The molecule has 1 aromatic carbocycles. The Hall–Kier alpha value is -1.26. The highest BCUT2D eigenvalue weighted by atomic mass is 16.7. The highest BCUT2D eigenvalue weighted by molar-refractivity contribution is 5.55. The first-order chi connectivity index (χ1) is 9.36. The van der Waals surface area contributed by atoms with Gasteiger partial charge in [0.2, 0.25) is 0 Å². The molecule has 104 valence electrons. The number of nitrogens with zero attached hydrogens (tertiary/aromatic N) is 1. The lowest BCUT2D eigenvalue weighted by Gasteiger charge is -2.35. The summed E-state index contributed by atoms with van der Waals surface area (Å²) in [6.07, 6.45) is 2.35. The Balaban J connectivity index is 1.56. The second-order valence-electron chi connectivity index (χ2n) is 5.23. The van der Waals surface area contributed by atoms with Gasteiger partial charge < -0.3 is 19.7 Å². The predicted molar refractivity (Wildman–Crippen MR) is 76.6 cm³/mol. The smallest absolute Gasteiger partial charge is 0.160 e. The minimum absolute atomic E-state index is 0.0498. The third-order valence-electron chi connectivity index (χ3n) is 4.09. The van der Waals surface area contributed by atoms with E-state index < -0.39 is 0 Å². The van der Waals surface area contributed by atoms with Crippen LogP contribution in [-0.2, 0) is 9.47 Å². The number of rotatable bonds is 3. The normalized spacial score (nSPS) is 21.8. The molecule has 2 fully saturated rings. The quantitative estimate of drug-likeness (QED) is 0.906. The molecule has 4 nitrogen and oxygen atoms in total. The number of ether oxygens (including phenoxy) is 2. The van der Waals surface area contributed by atoms with Gasteiger partial charge in [0.15, 0.2) is 6.29 Å². The maximum atomic E-state index is 5.61. The lowest BCUT2D eigenvalue weighted by Crippen LogP contribution is -2.38. The summed E-state index contributed by atoms with van der Waals surface area (Å²) in [5.74, 6) is 0.565. The molecule has 0 saturated carbocycles. The first-order valence-corrected chi connectivity index (χ1v) is 7.13. The zero-order valence-electron chi connectivity index (χ0n) is 11.5. The van der Waals surface area contributed by atoms with Crippen molar-refractivity contribution in [3.8, 4) is 0 Å². The highest BCUT2D eigenvalue weighted by Gasteiger charge is 2.30. The fourth-order valence-electron chi connectivity index (χ4n) is 2.92. The number of hydrogen-bond acceptors (Lipinski definition) is 4. The third-order valence-corrected chi connectivity index (χ3v) is 4.09. The minimum Gasteiger partial charge on any atom is -0.388 e. The van der Waals surface area contributed by atoms with Crippen molar-refractivity contribution in [2.75, 3.05) is 43.6 Å². The molecule has 2 aliphatic heterocycles. The van der Waals surface area contributed by atoms with Crippen LogP contribution >= 0.6 is 0 Å². The number of benzene rings is 1. The van der Waals surface area contributed by atoms with Gasteiger partial charge in [0.05, 0.1) is 13.2 Å². The molecule has 4 heteroatoms. The summed E-state index contributed by atoms with van der Waals surface area (Å²) in [6.45, 7) is 3.70. The van der Waals surface area contributed by atoms with Crippen LogP contribution in [0.5, 0.6) is 0 Å². The summed E-state index contributed by atoms with van der Waals surface area (Å²) in [4.78, 5) is 2.45. The molecule has 0 unspecified atom stereocenters. The average molecular weight is 262 g/mol. The zero-order valence-corrected chi connectivity index (χ0v) is 11.5. The maximum Gasteiger partial charge on any atom is 0.160 e. The predicted octanol–water partition coefficient (Wildman–Crippen LogP) is 2.32. The van der Waals surface area contributed by atoms with Crippen LogP contribution in [0.3, 0.4) is 0 Å². The molecule has 3 rings (SSSR count). The van der Waals surface area contributed by atoms with E-state index in [1.54, 1.807) is 0 Å². The molecule has 2 heterocycles. The summed E-state index contributed by atoms with van der Waals surface area (Å²) in [5.41, 5.74) is 2.47. The Morgan fingerprint density at radius 2 is 1.68 bits per heavy atom. The fourth-order valence-corrected chi connectivity index (χ4v) is 2.92. The first kappa shape index (κ1) is 12.8. The highest BCUT2D eigenvalue weighted by Crippen LogP contribution is 2.29. The van der Waals surface area contributed by atoms with E-state index in [4.69, 9.17) is 9.47 Å². The minimum atomic E-state index is 0.0498. The van der Waals surface area contributed by atoms with Gasteiger partial charge in [0.25, 0.3) is 0 Å². The third kappa shape index (κ3) is 2.85. The number of hydrogen-bond donors (Lipinski definition) is 1. The van der Waals surface area contributed by atoms with Gasteiger partial charge in [-0.25, -0.2) is 0 Å². The molecule has 19 heavy (non-hydrogen) atoms. The average Bonchev–Trinajstić information content (AvgIpc) is 3.02. The van der Waals surface area contributed by atoms with Gasteiger partial charge >= 0.3 is 0 Å². The second-order valence-corrected chi connectivity index (χ2v) is 5.23. The molecular formula is C15H22N2O2. The number of nitrogens with one attached hydrogen (secondary N) is 1. The molecule has 0 aromatic heterocycles. The monoisotopic (exact) mass is 262 g/mol. The molecule has 2 saturated heterocycles. The van der Waals surface area contributed by atoms with Crippen molar-refractivity contribution >= 4 is 11.4 Å². The largest absolute Gasteiger partial charge is 0.388 e. The van der Waals surface area contributed by atoms with Gasteiger partial charge in [0.1, 0.15) is 0 Å². The van der Waals surface area contributed by atoms with E-state index in [1.807, 2.05) is 7.05 Å². The molecule has 0 amide bonds. The van der Waals surface area contributed by atoms with Crippen molar-refractivity contribution in [3.05, 3.63) is 24.3 Å². The summed E-state index contributed by atoms with van der Waals surface area (Å²) in [7, 11) is 1.95. The van der Waals surface area contributed by atoms with Crippen LogP contribution in [0, 0.1) is 5.92 Å². The lowest BCUT2D eigenvalue weighted by atomic mass is 9.96. The first-order valence-electron chi connectivity index (χ1n) is 7.13. The van der Waals surface area contributed by atoms with Gasteiger partial charge in [-0.2, -0.15) is 0 Å². The maximum absolute atomic E-state index is 5.61. The standard InChI is InChI=1S/C15H22N2O2/c1-16-13-2-4-14(5-3-13)17-8-6-12(7-9-17)15-18-10-11-19-15/h2-5,12,15-16H,6-11H2,1H3. The molecule has 0 spiro atoms. The van der Waals surface area contributed by atoms with Crippen LogP contribution in [0.4, 0.5) is 11.4 Å². The summed E-state index contributed by atoms with van der Waals surface area (Å²) in [5, 5.41) is 3.15. The van der Waals surface area contributed by atoms with Crippen molar-refractivity contribution in [1.29, 1.82) is 0 Å². The van der Waals surface area contributed by atoms with E-state index in [2.05, 4.69) is 34.5 Å². The molecule has 2 aliphatic rings. The molecule has 0 atom stereocenters. The number of piperidine rings is 1. The van der Waals surface area contributed by atoms with E-state index in [0.29, 0.717) is 5.92 Å². The Kier molecular flexibility index (Phi) is 3.89. The Morgan fingerprint density at radius 3 is 2.26 bits per heavy atom. The van der Waals surface area contributed by atoms with Crippen LogP contribution < -0.4 is 10.2 Å². The van der Waals surface area contributed by atoms with Crippen LogP contribution in [0.2, 0.25) is 0 Å². The number of anilines is 2. The van der Waals surface area contributed by atoms with E-state index in [1.165, 1.54) is 5.69 Å². The zero-order chi connectivity index (χ0) is 13.1. The van der Waals surface area contributed by atoms with Gasteiger partial charge in [-0.05, 0) is 37.1 Å². The van der Waals surface area contributed by atoms with Crippen molar-refractivity contribution < 1.29 is 9.47 Å². The molecule has 0 bridgehead atoms. The Labute approximate surface area is 114 Å². The second kappa shape index (κ2) is 5.80. The van der Waals surface area contributed by atoms with Crippen LogP contribution in [-0.4, -0.2) is 39.6 Å². The molecule has 1 N–H and O–H groups in total. The van der Waals surface area contributed by atoms with Crippen molar-refractivity contribution in [2.24, 2.45) is 5.92 Å². The fraction of sp³-hybridized carbons (Fsp3) is 0.600. The summed E-state index contributed by atoms with van der Waals surface area (Å²) in [6, 6.07) is 8.64. The van der Waals surface area contributed by atoms with E-state index >= 15 is 0 Å². The van der Waals surface area contributed by atoms with E-state index in [-0.39, 0.29) is 6.29 Å². The summed E-state index contributed by atoms with van der Waals surface area (Å²) >= 11 is 0. The molecular weight excluding hydrogens is 240 g/mol. The van der Waals surface area contributed by atoms with E-state index in [9.17, 15) is 0 Å². The Morgan fingerprint density at radius 1 is 1.05 bits per heavy atom. The van der Waals surface area contributed by atoms with Gasteiger partial charge in [-0.1, -0.05) is 0 Å². The van der Waals surface area contributed by atoms with Crippen molar-refractivity contribution in [2.45, 2.75) is 19.1 Å².